The van der Waals surface area contributed by atoms with Crippen molar-refractivity contribution in [3.05, 3.63) is 77.9 Å². The number of rotatable bonds is 8. The quantitative estimate of drug-likeness (QED) is 0.455. The van der Waals surface area contributed by atoms with Crippen molar-refractivity contribution < 1.29 is 37.0 Å². The van der Waals surface area contributed by atoms with Gasteiger partial charge >= 0.3 is 6.18 Å². The molecule has 0 bridgehead atoms. The zero-order valence-electron chi connectivity index (χ0n) is 20.4. The van der Waals surface area contributed by atoms with Crippen LogP contribution < -0.4 is 20.1 Å². The fourth-order valence-corrected chi connectivity index (χ4v) is 3.94. The lowest BCUT2D eigenvalue weighted by Crippen LogP contribution is -2.62. The summed E-state index contributed by atoms with van der Waals surface area (Å²) in [5, 5.41) is 5.58. The van der Waals surface area contributed by atoms with Crippen LogP contribution in [0.1, 0.15) is 34.3 Å². The molecule has 1 aliphatic rings. The number of hydrogen-bond donors (Lipinski definition) is 2. The Kier molecular flexibility index (Phi) is 8.10. The molecule has 0 spiro atoms. The third kappa shape index (κ3) is 6.38. The van der Waals surface area contributed by atoms with Gasteiger partial charge in [-0.15, -0.1) is 0 Å². The highest BCUT2D eigenvalue weighted by molar-refractivity contribution is 5.99. The predicted octanol–water partition coefficient (Wildman–Crippen LogP) is 3.89. The number of nitrogens with zero attached hydrogens (tertiary/aromatic N) is 2. The van der Waals surface area contributed by atoms with Gasteiger partial charge in [0.15, 0.2) is 0 Å². The number of benzene rings is 2. The van der Waals surface area contributed by atoms with Gasteiger partial charge in [-0.1, -0.05) is 12.1 Å². The second-order valence-corrected chi connectivity index (χ2v) is 8.61. The van der Waals surface area contributed by atoms with E-state index in [0.29, 0.717) is 25.0 Å². The van der Waals surface area contributed by atoms with Crippen LogP contribution in [-0.2, 0) is 22.3 Å². The van der Waals surface area contributed by atoms with Crippen molar-refractivity contribution >= 4 is 11.8 Å². The van der Waals surface area contributed by atoms with Crippen molar-refractivity contribution in [2.45, 2.75) is 31.1 Å². The van der Waals surface area contributed by atoms with Gasteiger partial charge in [-0.2, -0.15) is 13.2 Å². The highest BCUT2D eigenvalue weighted by Gasteiger charge is 2.42. The summed E-state index contributed by atoms with van der Waals surface area (Å²) in [6.07, 6.45) is 0.335. The number of alkyl halides is 3. The van der Waals surface area contributed by atoms with Gasteiger partial charge in [0.1, 0.15) is 34.7 Å². The predicted molar refractivity (Wildman–Crippen MR) is 129 cm³/mol. The number of nitrogens with one attached hydrogen (secondary N) is 2. The largest absolute Gasteiger partial charge is 0.497 e. The maximum absolute atomic E-state index is 13.5. The Balaban J connectivity index is 1.41. The topological polar surface area (TPSA) is 112 Å². The van der Waals surface area contributed by atoms with Crippen molar-refractivity contribution in [1.29, 1.82) is 0 Å². The first-order chi connectivity index (χ1) is 18.2. The molecule has 3 aromatic rings. The van der Waals surface area contributed by atoms with Crippen molar-refractivity contribution in [2.75, 3.05) is 20.3 Å². The summed E-state index contributed by atoms with van der Waals surface area (Å²) in [7, 11) is 1.28. The Hall–Kier alpha value is -4.19. The van der Waals surface area contributed by atoms with Crippen LogP contribution in [0.3, 0.4) is 0 Å². The Morgan fingerprint density at radius 3 is 2.42 bits per heavy atom. The van der Waals surface area contributed by atoms with Crippen LogP contribution in [0, 0.1) is 0 Å². The van der Waals surface area contributed by atoms with Crippen LogP contribution in [0.15, 0.2) is 61.2 Å². The third-order valence-electron chi connectivity index (χ3n) is 5.95. The summed E-state index contributed by atoms with van der Waals surface area (Å²) >= 11 is 0. The summed E-state index contributed by atoms with van der Waals surface area (Å²) in [6.45, 7) is 0.598. The van der Waals surface area contributed by atoms with E-state index < -0.39 is 29.1 Å². The van der Waals surface area contributed by atoms with Crippen molar-refractivity contribution in [3.63, 3.8) is 0 Å². The molecule has 200 valence electrons. The lowest BCUT2D eigenvalue weighted by Gasteiger charge is -2.36. The monoisotopic (exact) mass is 530 g/mol. The number of methoxy groups -OCH3 is 1. The molecular formula is C26H25F3N4O5. The Morgan fingerprint density at radius 1 is 1.08 bits per heavy atom. The molecule has 12 heteroatoms. The van der Waals surface area contributed by atoms with Gasteiger partial charge in [0.25, 0.3) is 5.91 Å². The lowest BCUT2D eigenvalue weighted by molar-refractivity contribution is -0.138. The average molecular weight is 531 g/mol. The molecule has 2 N–H and O–H groups in total. The fourth-order valence-electron chi connectivity index (χ4n) is 3.94. The summed E-state index contributed by atoms with van der Waals surface area (Å²) in [5.41, 5.74) is -1.34. The van der Waals surface area contributed by atoms with Crippen molar-refractivity contribution in [1.82, 2.24) is 20.6 Å². The second-order valence-electron chi connectivity index (χ2n) is 8.61. The van der Waals surface area contributed by atoms with E-state index in [1.54, 1.807) is 12.1 Å². The summed E-state index contributed by atoms with van der Waals surface area (Å²) < 4.78 is 56.2. The molecular weight excluding hydrogens is 505 g/mol. The highest BCUT2D eigenvalue weighted by atomic mass is 19.4. The van der Waals surface area contributed by atoms with Gasteiger partial charge in [-0.25, -0.2) is 9.97 Å². The van der Waals surface area contributed by atoms with E-state index in [1.807, 2.05) is 0 Å². The van der Waals surface area contributed by atoms with Gasteiger partial charge in [0, 0.05) is 25.5 Å². The molecule has 9 nitrogen and oxygen atoms in total. The molecule has 1 atom stereocenters. The molecule has 2 amide bonds. The number of aromatic nitrogens is 2. The molecule has 0 radical (unpaired) electrons. The van der Waals surface area contributed by atoms with Crippen LogP contribution in [0.5, 0.6) is 17.2 Å². The van der Waals surface area contributed by atoms with Crippen LogP contribution in [0.4, 0.5) is 13.2 Å². The van der Waals surface area contributed by atoms with E-state index >= 15 is 0 Å². The first-order valence-electron chi connectivity index (χ1n) is 11.7. The molecule has 0 aliphatic carbocycles. The van der Waals surface area contributed by atoms with E-state index in [-0.39, 0.29) is 36.0 Å². The van der Waals surface area contributed by atoms with Crippen LogP contribution in [-0.4, -0.2) is 47.6 Å². The van der Waals surface area contributed by atoms with E-state index in [2.05, 4.69) is 20.6 Å². The number of carbonyl (C=O) groups is 2. The summed E-state index contributed by atoms with van der Waals surface area (Å²) in [5.74, 6) is -1.03. The Bertz CT molecular complexity index is 1260. The van der Waals surface area contributed by atoms with Gasteiger partial charge in [-0.05, 0) is 48.7 Å². The zero-order valence-corrected chi connectivity index (χ0v) is 20.4. The Labute approximate surface area is 216 Å². The molecule has 1 aliphatic heterocycles. The first-order valence-corrected chi connectivity index (χ1v) is 11.7. The maximum atomic E-state index is 13.5. The van der Waals surface area contributed by atoms with Gasteiger partial charge in [0.2, 0.25) is 5.91 Å². The minimum absolute atomic E-state index is 0.00837. The third-order valence-corrected chi connectivity index (χ3v) is 5.95. The molecule has 1 saturated heterocycles. The second kappa shape index (κ2) is 11.5. The molecule has 0 saturated carbocycles. The molecule has 38 heavy (non-hydrogen) atoms. The van der Waals surface area contributed by atoms with E-state index in [4.69, 9.17) is 14.2 Å². The van der Waals surface area contributed by atoms with E-state index in [1.165, 1.54) is 50.1 Å². The van der Waals surface area contributed by atoms with E-state index in [0.717, 1.165) is 6.07 Å². The minimum Gasteiger partial charge on any atom is -0.497 e. The SMILES string of the molecule is COc1ccc(Oc2ccc(CNC(=O)C3(NC(=O)c4cncnc4)CCCOC3)cc2)c(C(F)(F)F)c1. The van der Waals surface area contributed by atoms with Crippen LogP contribution in [0.25, 0.3) is 0 Å². The van der Waals surface area contributed by atoms with Crippen molar-refractivity contribution in [3.8, 4) is 17.2 Å². The summed E-state index contributed by atoms with van der Waals surface area (Å²) in [4.78, 5) is 33.5. The van der Waals surface area contributed by atoms with E-state index in [9.17, 15) is 22.8 Å². The number of halogens is 3. The van der Waals surface area contributed by atoms with Crippen molar-refractivity contribution in [2.24, 2.45) is 0 Å². The molecule has 4 rings (SSSR count). The van der Waals surface area contributed by atoms with Gasteiger partial charge in [0.05, 0.1) is 19.3 Å². The number of ether oxygens (including phenoxy) is 3. The average Bonchev–Trinajstić information content (AvgIpc) is 2.93. The Morgan fingerprint density at radius 2 is 1.79 bits per heavy atom. The normalized spacial score (nSPS) is 17.4. The highest BCUT2D eigenvalue weighted by Crippen LogP contribution is 2.40. The number of hydrogen-bond acceptors (Lipinski definition) is 7. The standard InChI is InChI=1S/C26H25F3N4O5/c1-36-20-7-8-22(21(11-20)26(27,28)29)38-19-5-3-17(4-6-19)12-32-24(35)25(9-2-10-37-15-25)33-23(34)18-13-30-16-31-14-18/h3-8,11,13-14,16H,2,9-10,12,15H2,1H3,(H,32,35)(H,33,34). The lowest BCUT2D eigenvalue weighted by atomic mass is 9.90. The smallest absolute Gasteiger partial charge is 0.420 e. The van der Waals surface area contributed by atoms with Gasteiger partial charge < -0.3 is 24.8 Å². The maximum Gasteiger partial charge on any atom is 0.420 e. The zero-order chi connectivity index (χ0) is 27.2. The first kappa shape index (κ1) is 26.9. The minimum atomic E-state index is -4.63. The number of carbonyl (C=O) groups excluding carboxylic acids is 2. The summed E-state index contributed by atoms with van der Waals surface area (Å²) in [6, 6.07) is 9.69. The molecule has 1 fully saturated rings. The fraction of sp³-hybridized carbons (Fsp3) is 0.308. The van der Waals surface area contributed by atoms with Crippen LogP contribution >= 0.6 is 0 Å². The number of amides is 2. The van der Waals surface area contributed by atoms with Crippen LogP contribution in [0.2, 0.25) is 0 Å². The van der Waals surface area contributed by atoms with Gasteiger partial charge in [-0.3, -0.25) is 9.59 Å². The molecule has 2 heterocycles. The molecule has 1 unspecified atom stereocenters. The molecule has 1 aromatic heterocycles. The molecule has 2 aromatic carbocycles.